The maximum absolute atomic E-state index is 13.0. The number of carbonyl (C=O) groups excluding carboxylic acids is 4. The number of nitrogens with one attached hydrogen (secondary N) is 1. The van der Waals surface area contributed by atoms with Crippen molar-refractivity contribution in [1.82, 2.24) is 4.90 Å². The van der Waals surface area contributed by atoms with Gasteiger partial charge in [0.1, 0.15) is 18.9 Å². The van der Waals surface area contributed by atoms with Gasteiger partial charge in [-0.3, -0.25) is 19.3 Å². The number of imide groups is 1. The number of carbonyl (C=O) groups is 4. The molecule has 0 aliphatic carbocycles. The summed E-state index contributed by atoms with van der Waals surface area (Å²) in [7, 11) is 1.22. The van der Waals surface area contributed by atoms with Gasteiger partial charge in [-0.15, -0.1) is 0 Å². The first kappa shape index (κ1) is 29.4. The van der Waals surface area contributed by atoms with E-state index in [0.29, 0.717) is 6.61 Å². The van der Waals surface area contributed by atoms with Crippen LogP contribution in [0.5, 0.6) is 5.75 Å². The largest absolute Gasteiger partial charge is 0.487 e. The van der Waals surface area contributed by atoms with Crippen molar-refractivity contribution in [3.05, 3.63) is 94.4 Å². The Bertz CT molecular complexity index is 1480. The van der Waals surface area contributed by atoms with Gasteiger partial charge in [0.05, 0.1) is 29.7 Å². The molecule has 0 spiro atoms. The van der Waals surface area contributed by atoms with Crippen LogP contribution in [0, 0.1) is 7.14 Å². The van der Waals surface area contributed by atoms with Crippen LogP contribution in [0.15, 0.2) is 65.6 Å². The molecule has 1 aliphatic heterocycles. The van der Waals surface area contributed by atoms with Crippen LogP contribution >= 0.6 is 68.5 Å². The Morgan fingerprint density at radius 1 is 1.05 bits per heavy atom. The van der Waals surface area contributed by atoms with Crippen molar-refractivity contribution in [3.8, 4) is 5.75 Å². The maximum atomic E-state index is 13.0. The fourth-order valence-electron chi connectivity index (χ4n) is 3.53. The molecule has 0 radical (unpaired) electrons. The van der Waals surface area contributed by atoms with Gasteiger partial charge in [-0.25, -0.2) is 4.79 Å². The molecule has 39 heavy (non-hydrogen) atoms. The van der Waals surface area contributed by atoms with E-state index in [9.17, 15) is 19.2 Å². The number of anilines is 1. The first-order valence-electron chi connectivity index (χ1n) is 11.2. The fraction of sp³-hybridized carbons (Fsp3) is 0.111. The Labute approximate surface area is 260 Å². The third-order valence-corrected chi connectivity index (χ3v) is 8.21. The lowest BCUT2D eigenvalue weighted by atomic mass is 10.2. The topological polar surface area (TPSA) is 102 Å². The molecule has 1 N–H and O–H groups in total. The summed E-state index contributed by atoms with van der Waals surface area (Å²) in [6.07, 6.45) is 1.62. The summed E-state index contributed by atoms with van der Waals surface area (Å²) in [6.45, 7) is -0.0628. The Balaban J connectivity index is 1.43. The average molecular weight is 789 g/mol. The number of rotatable bonds is 8. The van der Waals surface area contributed by atoms with Crippen molar-refractivity contribution < 1.29 is 28.7 Å². The van der Waals surface area contributed by atoms with Crippen LogP contribution in [0.4, 0.5) is 10.5 Å². The third kappa shape index (κ3) is 7.32. The van der Waals surface area contributed by atoms with Crippen molar-refractivity contribution in [2.75, 3.05) is 19.0 Å². The van der Waals surface area contributed by atoms with Crippen LogP contribution in [0.1, 0.15) is 21.5 Å². The lowest BCUT2D eigenvalue weighted by Gasteiger charge is -2.13. The summed E-state index contributed by atoms with van der Waals surface area (Å²) in [4.78, 5) is 51.0. The number of thioether (sulfide) groups is 1. The van der Waals surface area contributed by atoms with Crippen molar-refractivity contribution in [3.63, 3.8) is 0 Å². The summed E-state index contributed by atoms with van der Waals surface area (Å²) in [5.41, 5.74) is 2.12. The fourth-order valence-corrected chi connectivity index (χ4v) is 6.69. The molecule has 0 unspecified atom stereocenters. The Hall–Kier alpha value is -2.62. The van der Waals surface area contributed by atoms with Crippen molar-refractivity contribution >= 4 is 103 Å². The van der Waals surface area contributed by atoms with E-state index in [-0.39, 0.29) is 21.2 Å². The van der Waals surface area contributed by atoms with E-state index in [2.05, 4.69) is 55.2 Å². The molecular weight excluding hydrogens is 770 g/mol. The minimum atomic E-state index is -0.660. The molecule has 1 aliphatic rings. The minimum absolute atomic E-state index is 0.0758. The van der Waals surface area contributed by atoms with Gasteiger partial charge >= 0.3 is 5.97 Å². The molecule has 200 valence electrons. The predicted octanol–water partition coefficient (Wildman–Crippen LogP) is 6.59. The normalized spacial score (nSPS) is 14.1. The summed E-state index contributed by atoms with van der Waals surface area (Å²) in [5, 5.41) is 2.18. The van der Waals surface area contributed by atoms with Crippen molar-refractivity contribution in [2.45, 2.75) is 6.61 Å². The smallest absolute Gasteiger partial charge is 0.339 e. The number of halogens is 3. The van der Waals surface area contributed by atoms with E-state index in [1.54, 1.807) is 6.08 Å². The summed E-state index contributed by atoms with van der Waals surface area (Å²) in [5.74, 6) is -1.10. The lowest BCUT2D eigenvalue weighted by molar-refractivity contribution is -0.127. The number of nitrogens with zero attached hydrogens (tertiary/aromatic N) is 1. The second-order valence-electron chi connectivity index (χ2n) is 8.09. The Morgan fingerprint density at radius 3 is 2.41 bits per heavy atom. The Kier molecular flexibility index (Phi) is 9.91. The number of esters is 1. The van der Waals surface area contributed by atoms with Crippen LogP contribution in [0.3, 0.4) is 0 Å². The zero-order valence-electron chi connectivity index (χ0n) is 20.2. The van der Waals surface area contributed by atoms with E-state index in [1.165, 1.54) is 25.3 Å². The van der Waals surface area contributed by atoms with Gasteiger partial charge in [-0.2, -0.15) is 0 Å². The van der Waals surface area contributed by atoms with Crippen LogP contribution in [0.2, 0.25) is 5.02 Å². The van der Waals surface area contributed by atoms with Crippen molar-refractivity contribution in [1.29, 1.82) is 0 Å². The van der Waals surface area contributed by atoms with Crippen molar-refractivity contribution in [2.24, 2.45) is 0 Å². The molecular formula is C27H19ClI2N2O6S. The third-order valence-electron chi connectivity index (χ3n) is 5.38. The van der Waals surface area contributed by atoms with E-state index in [1.807, 2.05) is 42.5 Å². The highest BCUT2D eigenvalue weighted by Gasteiger charge is 2.36. The SMILES string of the molecule is COC(=O)c1cc(NC(=O)CN2C(=O)S/C(=C/c3cc(I)c(OCc4ccccc4)c(I)c3)C2=O)ccc1Cl. The van der Waals surface area contributed by atoms with Gasteiger partial charge < -0.3 is 14.8 Å². The number of hydrogen-bond donors (Lipinski definition) is 1. The van der Waals surface area contributed by atoms with Gasteiger partial charge in [0, 0.05) is 5.69 Å². The average Bonchev–Trinajstić information content (AvgIpc) is 3.16. The van der Waals surface area contributed by atoms with Crippen LogP contribution < -0.4 is 10.1 Å². The molecule has 3 aromatic carbocycles. The van der Waals surface area contributed by atoms with Gasteiger partial charge in [0.15, 0.2) is 0 Å². The van der Waals surface area contributed by atoms with E-state index < -0.39 is 29.6 Å². The Morgan fingerprint density at radius 2 is 1.74 bits per heavy atom. The zero-order valence-corrected chi connectivity index (χ0v) is 26.1. The van der Waals surface area contributed by atoms with Gasteiger partial charge in [0.25, 0.3) is 11.1 Å². The molecule has 8 nitrogen and oxygen atoms in total. The molecule has 0 atom stereocenters. The lowest BCUT2D eigenvalue weighted by Crippen LogP contribution is -2.36. The highest BCUT2D eigenvalue weighted by molar-refractivity contribution is 14.1. The molecule has 0 bridgehead atoms. The number of amides is 3. The summed E-state index contributed by atoms with van der Waals surface area (Å²) < 4.78 is 12.4. The van der Waals surface area contributed by atoms with Crippen LogP contribution in [0.25, 0.3) is 6.08 Å². The predicted molar refractivity (Wildman–Crippen MR) is 167 cm³/mol. The van der Waals surface area contributed by atoms with Gasteiger partial charge in [0.2, 0.25) is 5.91 Å². The summed E-state index contributed by atoms with van der Waals surface area (Å²) in [6, 6.07) is 17.8. The molecule has 1 fully saturated rings. The van der Waals surface area contributed by atoms with Gasteiger partial charge in [-0.05, 0) is 104 Å². The molecule has 4 rings (SSSR count). The number of hydrogen-bond acceptors (Lipinski definition) is 7. The second kappa shape index (κ2) is 13.2. The molecule has 1 heterocycles. The van der Waals surface area contributed by atoms with E-state index >= 15 is 0 Å². The standard InChI is InChI=1S/C27H19ClI2N2O6S/c1-37-26(35)18-12-17(7-8-19(18)28)31-23(33)13-32-25(34)22(39-27(32)36)11-16-9-20(29)24(21(30)10-16)38-14-15-5-3-2-4-6-15/h2-12H,13-14H2,1H3,(H,31,33)/b22-11+. The van der Waals surface area contributed by atoms with E-state index in [0.717, 1.165) is 40.7 Å². The molecule has 3 amide bonds. The molecule has 12 heteroatoms. The number of benzene rings is 3. The molecule has 0 saturated carbocycles. The highest BCUT2D eigenvalue weighted by Crippen LogP contribution is 2.35. The first-order valence-corrected chi connectivity index (χ1v) is 14.6. The number of methoxy groups -OCH3 is 1. The van der Waals surface area contributed by atoms with Crippen LogP contribution in [-0.4, -0.2) is 41.6 Å². The second-order valence-corrected chi connectivity index (χ2v) is 11.8. The molecule has 1 saturated heterocycles. The maximum Gasteiger partial charge on any atom is 0.339 e. The quantitative estimate of drug-likeness (QED) is 0.156. The minimum Gasteiger partial charge on any atom is -0.487 e. The molecule has 0 aromatic heterocycles. The highest BCUT2D eigenvalue weighted by atomic mass is 127. The number of ether oxygens (including phenoxy) is 2. The summed E-state index contributed by atoms with van der Waals surface area (Å²) >= 11 is 11.1. The van der Waals surface area contributed by atoms with E-state index in [4.69, 9.17) is 16.3 Å². The van der Waals surface area contributed by atoms with Gasteiger partial charge in [-0.1, -0.05) is 41.9 Å². The molecule has 3 aromatic rings. The van der Waals surface area contributed by atoms with Crippen LogP contribution in [-0.2, 0) is 20.9 Å². The zero-order chi connectivity index (χ0) is 28.1. The monoisotopic (exact) mass is 788 g/mol. The first-order chi connectivity index (χ1) is 18.7.